The summed E-state index contributed by atoms with van der Waals surface area (Å²) in [5.74, 6) is 0.781. The number of benzene rings is 1. The highest BCUT2D eigenvalue weighted by atomic mass is 16.6. The van der Waals surface area contributed by atoms with Gasteiger partial charge in [-0.25, -0.2) is 9.48 Å². The van der Waals surface area contributed by atoms with Crippen LogP contribution in [-0.4, -0.2) is 52.2 Å². The third kappa shape index (κ3) is 1.97. The topological polar surface area (TPSA) is 72.3 Å². The van der Waals surface area contributed by atoms with Crippen molar-refractivity contribution in [1.29, 1.82) is 0 Å². The van der Waals surface area contributed by atoms with E-state index in [1.54, 1.807) is 22.0 Å². The van der Waals surface area contributed by atoms with Gasteiger partial charge in [0.2, 0.25) is 0 Å². The molecule has 0 bridgehead atoms. The molecule has 2 aliphatic heterocycles. The van der Waals surface area contributed by atoms with Crippen LogP contribution in [0.5, 0.6) is 0 Å². The number of cyclic esters (lactones) is 1. The van der Waals surface area contributed by atoms with E-state index in [4.69, 9.17) is 4.74 Å². The van der Waals surface area contributed by atoms with E-state index >= 15 is 0 Å². The number of carbonyl (C=O) groups is 1. The van der Waals surface area contributed by atoms with E-state index in [2.05, 4.69) is 39.9 Å². The summed E-state index contributed by atoms with van der Waals surface area (Å²) in [4.78, 5) is 13.7. The van der Waals surface area contributed by atoms with Crippen LogP contribution in [-0.2, 0) is 10.2 Å². The molecule has 24 heavy (non-hydrogen) atoms. The second-order valence-corrected chi connectivity index (χ2v) is 6.87. The lowest BCUT2D eigenvalue weighted by molar-refractivity contribution is 0.139. The number of hydrogen-bond acceptors (Lipinski definition) is 5. The zero-order valence-corrected chi connectivity index (χ0v) is 13.3. The number of carbonyl (C=O) groups excluding carboxylic acids is 1. The maximum atomic E-state index is 12.1. The summed E-state index contributed by atoms with van der Waals surface area (Å²) in [5, 5.41) is 11.5. The molecule has 3 atom stereocenters. The van der Waals surface area contributed by atoms with E-state index in [-0.39, 0.29) is 12.3 Å². The molecule has 3 fully saturated rings. The minimum atomic E-state index is -0.314. The average Bonchev–Trinajstić information content (AvgIpc) is 3.07. The second-order valence-electron chi connectivity index (χ2n) is 6.87. The van der Waals surface area contributed by atoms with Gasteiger partial charge in [0.1, 0.15) is 6.61 Å². The Balaban J connectivity index is 1.49. The average molecular weight is 325 g/mol. The number of hydrogen-bond donors (Lipinski definition) is 1. The summed E-state index contributed by atoms with van der Waals surface area (Å²) >= 11 is 0. The van der Waals surface area contributed by atoms with Crippen molar-refractivity contribution in [3.05, 3.63) is 47.8 Å². The van der Waals surface area contributed by atoms with Crippen LogP contribution >= 0.6 is 0 Å². The molecule has 2 saturated heterocycles. The predicted octanol–water partition coefficient (Wildman–Crippen LogP) is 1.14. The number of nitrogens with one attached hydrogen (secondary N) is 1. The highest BCUT2D eigenvalue weighted by Gasteiger charge is 2.57. The second kappa shape index (κ2) is 5.04. The zero-order valence-electron chi connectivity index (χ0n) is 13.3. The van der Waals surface area contributed by atoms with Crippen LogP contribution in [0, 0.1) is 5.92 Å². The molecule has 1 aromatic carbocycles. The Morgan fingerprint density at radius 3 is 2.79 bits per heavy atom. The van der Waals surface area contributed by atoms with Crippen molar-refractivity contribution in [2.75, 3.05) is 26.2 Å². The number of piperidine rings is 1. The largest absolute Gasteiger partial charge is 0.447 e. The molecule has 1 N–H and O–H groups in total. The molecule has 2 aromatic rings. The van der Waals surface area contributed by atoms with Gasteiger partial charge < -0.3 is 10.1 Å². The molecule has 5 rings (SSSR count). The number of amides is 1. The van der Waals surface area contributed by atoms with Crippen molar-refractivity contribution >= 4 is 6.09 Å². The van der Waals surface area contributed by atoms with Gasteiger partial charge in [-0.3, -0.25) is 4.90 Å². The Morgan fingerprint density at radius 2 is 2.21 bits per heavy atom. The molecule has 1 amide bonds. The first-order chi connectivity index (χ1) is 11.8. The van der Waals surface area contributed by atoms with Crippen LogP contribution in [0.1, 0.15) is 23.7 Å². The number of rotatable bonds is 4. The normalized spacial score (nSPS) is 29.4. The van der Waals surface area contributed by atoms with Gasteiger partial charge in [-0.05, 0) is 30.0 Å². The first kappa shape index (κ1) is 14.0. The predicted molar refractivity (Wildman–Crippen MR) is 85.3 cm³/mol. The van der Waals surface area contributed by atoms with Crippen LogP contribution in [0.3, 0.4) is 0 Å². The van der Waals surface area contributed by atoms with Crippen LogP contribution in [0.4, 0.5) is 4.79 Å². The van der Waals surface area contributed by atoms with Crippen LogP contribution in [0.2, 0.25) is 0 Å². The standard InChI is InChI=1S/C17H19N5O2/c23-16-21(7-8-24-16)15(22-6-5-19-20-22)12-1-3-13(4-2-12)17-9-14(17)10-18-11-17/h1-6,14-15,18H,7-11H2/t14-,15?,17?/m0/s1. The molecule has 0 radical (unpaired) electrons. The molecule has 1 aromatic heterocycles. The molecule has 1 saturated carbocycles. The maximum absolute atomic E-state index is 12.1. The van der Waals surface area contributed by atoms with Crippen molar-refractivity contribution < 1.29 is 9.53 Å². The smallest absolute Gasteiger partial charge is 0.411 e. The van der Waals surface area contributed by atoms with E-state index in [0.717, 1.165) is 24.6 Å². The number of fused-ring (bicyclic) bond motifs is 1. The van der Waals surface area contributed by atoms with Crippen molar-refractivity contribution in [2.45, 2.75) is 18.0 Å². The van der Waals surface area contributed by atoms with Gasteiger partial charge in [0.15, 0.2) is 6.17 Å². The molecule has 1 aliphatic carbocycles. The Morgan fingerprint density at radius 1 is 1.33 bits per heavy atom. The fourth-order valence-electron chi connectivity index (χ4n) is 4.23. The Bertz CT molecular complexity index is 760. The Kier molecular flexibility index (Phi) is 2.94. The molecular formula is C17H19N5O2. The van der Waals surface area contributed by atoms with Gasteiger partial charge in [0.25, 0.3) is 0 Å². The maximum Gasteiger partial charge on any atom is 0.411 e. The lowest BCUT2D eigenvalue weighted by Crippen LogP contribution is -2.34. The molecular weight excluding hydrogens is 306 g/mol. The van der Waals surface area contributed by atoms with E-state index in [0.29, 0.717) is 18.6 Å². The van der Waals surface area contributed by atoms with Gasteiger partial charge >= 0.3 is 6.09 Å². The van der Waals surface area contributed by atoms with Crippen molar-refractivity contribution in [2.24, 2.45) is 5.92 Å². The van der Waals surface area contributed by atoms with Gasteiger partial charge in [-0.2, -0.15) is 0 Å². The van der Waals surface area contributed by atoms with Gasteiger partial charge in [0.05, 0.1) is 12.7 Å². The number of aromatic nitrogens is 3. The first-order valence-electron chi connectivity index (χ1n) is 8.38. The summed E-state index contributed by atoms with van der Waals surface area (Å²) in [6, 6.07) is 8.62. The molecule has 7 heteroatoms. The molecule has 7 nitrogen and oxygen atoms in total. The Hall–Kier alpha value is -2.41. The van der Waals surface area contributed by atoms with Crippen LogP contribution < -0.4 is 5.32 Å². The highest BCUT2D eigenvalue weighted by molar-refractivity contribution is 5.70. The Labute approximate surface area is 139 Å². The zero-order chi connectivity index (χ0) is 16.1. The SMILES string of the molecule is O=C1OCCN1C(c1ccc(C23CNC[C@@H]2C3)cc1)n1ccnn1. The van der Waals surface area contributed by atoms with Crippen molar-refractivity contribution in [3.63, 3.8) is 0 Å². The van der Waals surface area contributed by atoms with Crippen LogP contribution in [0.25, 0.3) is 0 Å². The number of ether oxygens (including phenoxy) is 1. The summed E-state index contributed by atoms with van der Waals surface area (Å²) in [5.41, 5.74) is 2.75. The summed E-state index contributed by atoms with van der Waals surface area (Å²) in [7, 11) is 0. The van der Waals surface area contributed by atoms with E-state index in [9.17, 15) is 4.79 Å². The first-order valence-corrected chi connectivity index (χ1v) is 8.38. The lowest BCUT2D eigenvalue weighted by Gasteiger charge is -2.26. The molecule has 3 aliphatic rings. The van der Waals surface area contributed by atoms with Crippen molar-refractivity contribution in [1.82, 2.24) is 25.2 Å². The minimum absolute atomic E-state index is 0.305. The number of nitrogens with zero attached hydrogens (tertiary/aromatic N) is 4. The van der Waals surface area contributed by atoms with Gasteiger partial charge in [0, 0.05) is 18.2 Å². The summed E-state index contributed by atoms with van der Waals surface area (Å²) in [6.45, 7) is 3.17. The summed E-state index contributed by atoms with van der Waals surface area (Å²) in [6.07, 6.45) is 4.07. The molecule has 3 heterocycles. The quantitative estimate of drug-likeness (QED) is 0.912. The monoisotopic (exact) mass is 325 g/mol. The molecule has 0 spiro atoms. The van der Waals surface area contributed by atoms with Crippen LogP contribution in [0.15, 0.2) is 36.7 Å². The summed E-state index contributed by atoms with van der Waals surface area (Å²) < 4.78 is 6.82. The highest BCUT2D eigenvalue weighted by Crippen LogP contribution is 2.56. The lowest BCUT2D eigenvalue weighted by atomic mass is 9.94. The van der Waals surface area contributed by atoms with E-state index in [1.807, 2.05) is 0 Å². The van der Waals surface area contributed by atoms with Crippen molar-refractivity contribution in [3.8, 4) is 0 Å². The fraction of sp³-hybridized carbons (Fsp3) is 0.471. The minimum Gasteiger partial charge on any atom is -0.447 e. The van der Waals surface area contributed by atoms with Gasteiger partial charge in [-0.1, -0.05) is 29.5 Å². The van der Waals surface area contributed by atoms with Gasteiger partial charge in [-0.15, -0.1) is 5.10 Å². The third-order valence-electron chi connectivity index (χ3n) is 5.63. The van der Waals surface area contributed by atoms with E-state index in [1.165, 1.54) is 12.0 Å². The molecule has 2 unspecified atom stereocenters. The molecule has 124 valence electrons. The third-order valence-corrected chi connectivity index (χ3v) is 5.63. The van der Waals surface area contributed by atoms with E-state index < -0.39 is 0 Å². The fourth-order valence-corrected chi connectivity index (χ4v) is 4.23.